The van der Waals surface area contributed by atoms with Crippen LogP contribution in [0.5, 0.6) is 0 Å². The highest BCUT2D eigenvalue weighted by Crippen LogP contribution is 2.27. The fourth-order valence-corrected chi connectivity index (χ4v) is 5.53. The molecule has 0 radical (unpaired) electrons. The standard InChI is InChI=1S/C25H31N5O4/c31-23-20-22(28-21(27-20)19-12-11-18(13-26-19)24(32)33)29(14-16-7-3-1-4-8-16)25(34)30(23)15-17-9-5-2-6-10-17/h11-13,16-17H,1-10,14-15H2,(H,27,28)(H,32,33). The van der Waals surface area contributed by atoms with E-state index in [4.69, 9.17) is 5.11 Å². The predicted molar refractivity (Wildman–Crippen MR) is 128 cm³/mol. The molecule has 0 atom stereocenters. The normalized spacial score (nSPS) is 17.9. The van der Waals surface area contributed by atoms with Crippen LogP contribution < -0.4 is 11.2 Å². The van der Waals surface area contributed by atoms with Gasteiger partial charge in [-0.3, -0.25) is 18.9 Å². The SMILES string of the molecule is O=C(O)c1ccc(-c2nc3c(=O)n(CC4CCCCC4)c(=O)n(CC4CCCCC4)c3[nH]2)nc1. The maximum absolute atomic E-state index is 13.6. The molecule has 0 spiro atoms. The van der Waals surface area contributed by atoms with Crippen LogP contribution in [-0.4, -0.2) is 35.2 Å². The van der Waals surface area contributed by atoms with Crippen molar-refractivity contribution in [2.24, 2.45) is 11.8 Å². The number of aromatic carboxylic acids is 1. The van der Waals surface area contributed by atoms with E-state index < -0.39 is 5.97 Å². The minimum Gasteiger partial charge on any atom is -0.478 e. The topological polar surface area (TPSA) is 123 Å². The molecule has 2 aliphatic carbocycles. The molecule has 0 bridgehead atoms. The first-order valence-corrected chi connectivity index (χ1v) is 12.4. The zero-order chi connectivity index (χ0) is 23.7. The number of nitrogens with one attached hydrogen (secondary N) is 1. The fraction of sp³-hybridized carbons (Fsp3) is 0.560. The summed E-state index contributed by atoms with van der Waals surface area (Å²) >= 11 is 0. The van der Waals surface area contributed by atoms with Crippen molar-refractivity contribution in [1.29, 1.82) is 0 Å². The molecule has 9 heteroatoms. The molecule has 0 amide bonds. The molecule has 0 aromatic carbocycles. The molecule has 2 N–H and O–H groups in total. The first-order chi connectivity index (χ1) is 16.5. The number of carboxylic acid groups (broad SMARTS) is 1. The lowest BCUT2D eigenvalue weighted by molar-refractivity contribution is 0.0696. The van der Waals surface area contributed by atoms with E-state index in [1.807, 2.05) is 0 Å². The van der Waals surface area contributed by atoms with Gasteiger partial charge in [-0.25, -0.2) is 14.6 Å². The number of fused-ring (bicyclic) bond motifs is 1. The Balaban J connectivity index is 1.60. The van der Waals surface area contributed by atoms with Crippen molar-refractivity contribution in [3.05, 3.63) is 44.7 Å². The van der Waals surface area contributed by atoms with Crippen LogP contribution >= 0.6 is 0 Å². The lowest BCUT2D eigenvalue weighted by atomic mass is 9.89. The second kappa shape index (κ2) is 9.56. The molecule has 0 saturated heterocycles. The van der Waals surface area contributed by atoms with Crippen molar-refractivity contribution in [2.45, 2.75) is 77.3 Å². The number of carboxylic acids is 1. The van der Waals surface area contributed by atoms with Gasteiger partial charge in [0.05, 0.1) is 5.56 Å². The van der Waals surface area contributed by atoms with E-state index in [-0.39, 0.29) is 22.3 Å². The highest BCUT2D eigenvalue weighted by molar-refractivity contribution is 5.87. The first kappa shape index (κ1) is 22.6. The molecule has 3 heterocycles. The summed E-state index contributed by atoms with van der Waals surface area (Å²) in [5.74, 6) is 0.0326. The maximum Gasteiger partial charge on any atom is 0.337 e. The van der Waals surface area contributed by atoms with Crippen LogP contribution in [-0.2, 0) is 13.1 Å². The second-order valence-electron chi connectivity index (χ2n) is 9.84. The van der Waals surface area contributed by atoms with Gasteiger partial charge in [-0.2, -0.15) is 0 Å². The number of hydrogen-bond donors (Lipinski definition) is 2. The third-order valence-electron chi connectivity index (χ3n) is 7.45. The van der Waals surface area contributed by atoms with Crippen LogP contribution in [0.3, 0.4) is 0 Å². The quantitative estimate of drug-likeness (QED) is 0.571. The summed E-state index contributed by atoms with van der Waals surface area (Å²) in [6, 6.07) is 3.01. The first-order valence-electron chi connectivity index (χ1n) is 12.4. The van der Waals surface area contributed by atoms with E-state index >= 15 is 0 Å². The van der Waals surface area contributed by atoms with Crippen molar-refractivity contribution < 1.29 is 9.90 Å². The van der Waals surface area contributed by atoms with Crippen LogP contribution in [0.1, 0.15) is 74.6 Å². The van der Waals surface area contributed by atoms with E-state index in [1.54, 1.807) is 10.6 Å². The molecule has 34 heavy (non-hydrogen) atoms. The number of H-pyrrole nitrogens is 1. The van der Waals surface area contributed by atoms with Crippen molar-refractivity contribution in [3.8, 4) is 11.5 Å². The smallest absolute Gasteiger partial charge is 0.337 e. The van der Waals surface area contributed by atoms with E-state index in [9.17, 15) is 14.4 Å². The summed E-state index contributed by atoms with van der Waals surface area (Å²) in [5, 5.41) is 9.14. The van der Waals surface area contributed by atoms with Crippen molar-refractivity contribution in [2.75, 3.05) is 0 Å². The van der Waals surface area contributed by atoms with Crippen molar-refractivity contribution >= 4 is 17.1 Å². The Hall–Kier alpha value is -3.23. The maximum atomic E-state index is 13.6. The third kappa shape index (κ3) is 4.43. The van der Waals surface area contributed by atoms with Crippen molar-refractivity contribution in [1.82, 2.24) is 24.1 Å². The highest BCUT2D eigenvalue weighted by Gasteiger charge is 2.24. The Morgan fingerprint density at radius 2 is 1.56 bits per heavy atom. The average Bonchev–Trinajstić information content (AvgIpc) is 3.31. The summed E-state index contributed by atoms with van der Waals surface area (Å²) in [6.07, 6.45) is 12.6. The van der Waals surface area contributed by atoms with Gasteiger partial charge >= 0.3 is 11.7 Å². The van der Waals surface area contributed by atoms with E-state index in [1.165, 1.54) is 42.5 Å². The number of nitrogens with zero attached hydrogens (tertiary/aromatic N) is 4. The number of rotatable bonds is 6. The van der Waals surface area contributed by atoms with Crippen LogP contribution in [0.25, 0.3) is 22.7 Å². The van der Waals surface area contributed by atoms with Gasteiger partial charge in [0.2, 0.25) is 0 Å². The molecule has 2 fully saturated rings. The number of imidazole rings is 1. The van der Waals surface area contributed by atoms with Gasteiger partial charge in [0.25, 0.3) is 5.56 Å². The second-order valence-corrected chi connectivity index (χ2v) is 9.84. The molecular formula is C25H31N5O4. The Kier molecular flexibility index (Phi) is 6.34. The summed E-state index contributed by atoms with van der Waals surface area (Å²) in [4.78, 5) is 50.1. The fourth-order valence-electron chi connectivity index (χ4n) is 5.53. The highest BCUT2D eigenvalue weighted by atomic mass is 16.4. The summed E-state index contributed by atoms with van der Waals surface area (Å²) in [7, 11) is 0. The zero-order valence-corrected chi connectivity index (χ0v) is 19.3. The predicted octanol–water partition coefficient (Wildman–Crippen LogP) is 3.81. The minimum absolute atomic E-state index is 0.0731. The van der Waals surface area contributed by atoms with Gasteiger partial charge in [-0.05, 0) is 49.7 Å². The molecule has 0 aliphatic heterocycles. The van der Waals surface area contributed by atoms with Gasteiger partial charge in [0.15, 0.2) is 11.3 Å². The average molecular weight is 466 g/mol. The van der Waals surface area contributed by atoms with Gasteiger partial charge in [0, 0.05) is 19.3 Å². The van der Waals surface area contributed by atoms with Gasteiger partial charge < -0.3 is 10.1 Å². The molecule has 3 aromatic heterocycles. The molecule has 3 aromatic rings. The van der Waals surface area contributed by atoms with Gasteiger partial charge in [0.1, 0.15) is 11.3 Å². The van der Waals surface area contributed by atoms with Crippen LogP contribution in [0.4, 0.5) is 0 Å². The summed E-state index contributed by atoms with van der Waals surface area (Å²) < 4.78 is 3.10. The Bertz CT molecular complexity index is 1290. The summed E-state index contributed by atoms with van der Waals surface area (Å²) in [6.45, 7) is 0.999. The number of hydrogen-bond acceptors (Lipinski definition) is 5. The molecule has 9 nitrogen and oxygen atoms in total. The van der Waals surface area contributed by atoms with Crippen LogP contribution in [0.2, 0.25) is 0 Å². The molecule has 2 saturated carbocycles. The van der Waals surface area contributed by atoms with Gasteiger partial charge in [-0.1, -0.05) is 38.5 Å². The monoisotopic (exact) mass is 465 g/mol. The lowest BCUT2D eigenvalue weighted by Crippen LogP contribution is -2.42. The van der Waals surface area contributed by atoms with E-state index in [2.05, 4.69) is 15.0 Å². The minimum atomic E-state index is -1.06. The Labute approximate surface area is 196 Å². The van der Waals surface area contributed by atoms with E-state index in [0.29, 0.717) is 42.1 Å². The number of carbonyl (C=O) groups is 1. The number of aromatic amines is 1. The van der Waals surface area contributed by atoms with Crippen LogP contribution in [0.15, 0.2) is 27.9 Å². The van der Waals surface area contributed by atoms with Gasteiger partial charge in [-0.15, -0.1) is 0 Å². The third-order valence-corrected chi connectivity index (χ3v) is 7.45. The molecule has 5 rings (SSSR count). The molecule has 180 valence electrons. The Morgan fingerprint density at radius 1 is 0.941 bits per heavy atom. The van der Waals surface area contributed by atoms with Crippen LogP contribution in [0, 0.1) is 11.8 Å². The summed E-state index contributed by atoms with van der Waals surface area (Å²) in [5.41, 5.74) is 0.540. The zero-order valence-electron chi connectivity index (χ0n) is 19.3. The largest absolute Gasteiger partial charge is 0.478 e. The molecule has 0 unspecified atom stereocenters. The van der Waals surface area contributed by atoms with Crippen molar-refractivity contribution in [3.63, 3.8) is 0 Å². The lowest BCUT2D eigenvalue weighted by Gasteiger charge is -2.24. The molecule has 2 aliphatic rings. The van der Waals surface area contributed by atoms with E-state index in [0.717, 1.165) is 38.5 Å². The number of aromatic nitrogens is 5. The Morgan fingerprint density at radius 3 is 2.12 bits per heavy atom. The molecular weight excluding hydrogens is 434 g/mol. The number of pyridine rings is 1.